The highest BCUT2D eigenvalue weighted by Crippen LogP contribution is 2.36. The third-order valence-electron chi connectivity index (χ3n) is 8.69. The van der Waals surface area contributed by atoms with Crippen molar-refractivity contribution >= 4 is 68.7 Å². The lowest BCUT2D eigenvalue weighted by atomic mass is 10.1. The van der Waals surface area contributed by atoms with Crippen LogP contribution >= 0.6 is 11.8 Å². The van der Waals surface area contributed by atoms with E-state index >= 15 is 0 Å². The fourth-order valence-corrected chi connectivity index (χ4v) is 7.01. The summed E-state index contributed by atoms with van der Waals surface area (Å²) in [5.41, 5.74) is 4.29. The zero-order valence-electron chi connectivity index (χ0n) is 30.1. The van der Waals surface area contributed by atoms with E-state index in [0.717, 1.165) is 38.9 Å². The lowest BCUT2D eigenvalue weighted by Crippen LogP contribution is -2.30. The fraction of sp³-hybridized carbons (Fsp3) is 0.167. The smallest absolute Gasteiger partial charge is 0.272 e. The first-order valence-electron chi connectivity index (χ1n) is 17.0. The molecule has 1 aromatic heterocycles. The molecule has 0 fully saturated rings. The molecule has 0 saturated heterocycles. The molecule has 6 aromatic rings. The Balaban J connectivity index is 1.20. The molecule has 1 unspecified atom stereocenters. The highest BCUT2D eigenvalue weighted by molar-refractivity contribution is 8.00. The molecule has 0 aliphatic carbocycles. The molecule has 0 radical (unpaired) electrons. The van der Waals surface area contributed by atoms with Crippen LogP contribution in [0, 0.1) is 0 Å². The van der Waals surface area contributed by atoms with Gasteiger partial charge in [0.15, 0.2) is 11.5 Å². The van der Waals surface area contributed by atoms with Gasteiger partial charge in [-0.1, -0.05) is 42.5 Å². The average molecular weight is 729 g/mol. The van der Waals surface area contributed by atoms with Crippen LogP contribution in [0.25, 0.3) is 27.9 Å². The van der Waals surface area contributed by atoms with Crippen LogP contribution in [0.2, 0.25) is 0 Å². The van der Waals surface area contributed by atoms with Crippen molar-refractivity contribution in [1.82, 2.24) is 9.88 Å². The Hall–Kier alpha value is -6.20. The SMILES string of the molecule is CCn1c2ccccc2c2cc(NC(=O)C(C)Sc3cccc(NC(=O)/C(=C\c4cc(OC)c(OC)cc4OC)NC(=O)c4ccccc4)c3)ccc21. The van der Waals surface area contributed by atoms with Gasteiger partial charge in [0.05, 0.1) is 26.6 Å². The first-order valence-corrected chi connectivity index (χ1v) is 17.9. The Morgan fingerprint density at radius 2 is 1.40 bits per heavy atom. The van der Waals surface area contributed by atoms with Crippen LogP contribution in [-0.4, -0.2) is 48.9 Å². The quantitative estimate of drug-likeness (QED) is 0.0808. The van der Waals surface area contributed by atoms with Crippen molar-refractivity contribution in [3.8, 4) is 17.2 Å². The Morgan fingerprint density at radius 1 is 0.717 bits per heavy atom. The molecule has 0 aliphatic rings. The summed E-state index contributed by atoms with van der Waals surface area (Å²) in [5.74, 6) is 0.0753. The van der Waals surface area contributed by atoms with Gasteiger partial charge in [-0.15, -0.1) is 11.8 Å². The van der Waals surface area contributed by atoms with E-state index in [1.807, 2.05) is 43.3 Å². The molecule has 0 bridgehead atoms. The van der Waals surface area contributed by atoms with Crippen LogP contribution in [-0.2, 0) is 16.1 Å². The number of carbonyl (C=O) groups is 3. The Bertz CT molecular complexity index is 2340. The van der Waals surface area contributed by atoms with Crippen molar-refractivity contribution in [3.05, 3.63) is 126 Å². The van der Waals surface area contributed by atoms with Gasteiger partial charge in [0, 0.05) is 61.8 Å². The van der Waals surface area contributed by atoms with Crippen molar-refractivity contribution in [2.75, 3.05) is 32.0 Å². The minimum absolute atomic E-state index is 0.0331. The second-order valence-electron chi connectivity index (χ2n) is 12.1. The molecule has 53 heavy (non-hydrogen) atoms. The number of rotatable bonds is 13. The molecule has 3 N–H and O–H groups in total. The third kappa shape index (κ3) is 8.15. The largest absolute Gasteiger partial charge is 0.496 e. The number of ether oxygens (including phenoxy) is 3. The molecule has 3 amide bonds. The van der Waals surface area contributed by atoms with Crippen molar-refractivity contribution in [2.24, 2.45) is 0 Å². The fourth-order valence-electron chi connectivity index (χ4n) is 6.08. The molecule has 5 aromatic carbocycles. The number of amides is 3. The van der Waals surface area contributed by atoms with E-state index in [9.17, 15) is 14.4 Å². The lowest BCUT2D eigenvalue weighted by molar-refractivity contribution is -0.115. The summed E-state index contributed by atoms with van der Waals surface area (Å²) in [5, 5.41) is 10.5. The molecule has 1 heterocycles. The van der Waals surface area contributed by atoms with Crippen LogP contribution in [0.3, 0.4) is 0 Å². The van der Waals surface area contributed by atoms with Crippen molar-refractivity contribution in [3.63, 3.8) is 0 Å². The number of fused-ring (bicyclic) bond motifs is 3. The number of nitrogens with one attached hydrogen (secondary N) is 3. The maximum atomic E-state index is 13.8. The highest BCUT2D eigenvalue weighted by Gasteiger charge is 2.20. The first-order chi connectivity index (χ1) is 25.7. The lowest BCUT2D eigenvalue weighted by Gasteiger charge is -2.15. The van der Waals surface area contributed by atoms with Crippen LogP contribution in [0.1, 0.15) is 29.8 Å². The van der Waals surface area contributed by atoms with E-state index in [1.165, 1.54) is 39.2 Å². The number of carbonyl (C=O) groups excluding carboxylic acids is 3. The van der Waals surface area contributed by atoms with Crippen LogP contribution < -0.4 is 30.2 Å². The number of hydrogen-bond acceptors (Lipinski definition) is 7. The predicted molar refractivity (Wildman–Crippen MR) is 212 cm³/mol. The summed E-state index contributed by atoms with van der Waals surface area (Å²) >= 11 is 1.36. The number of aryl methyl sites for hydroxylation is 1. The molecule has 0 aliphatic heterocycles. The molecular formula is C42H40N4O6S. The zero-order valence-corrected chi connectivity index (χ0v) is 30.9. The van der Waals surface area contributed by atoms with Gasteiger partial charge in [0.1, 0.15) is 11.4 Å². The molecule has 6 rings (SSSR count). The number of anilines is 2. The molecule has 0 saturated carbocycles. The Labute approximate surface area is 312 Å². The Morgan fingerprint density at radius 3 is 2.13 bits per heavy atom. The predicted octanol–water partition coefficient (Wildman–Crippen LogP) is 8.37. The summed E-state index contributed by atoms with van der Waals surface area (Å²) in [6, 6.07) is 33.3. The van der Waals surface area contributed by atoms with E-state index in [0.29, 0.717) is 34.1 Å². The van der Waals surface area contributed by atoms with Crippen LogP contribution in [0.15, 0.2) is 120 Å². The molecule has 270 valence electrons. The van der Waals surface area contributed by atoms with Crippen molar-refractivity contribution in [1.29, 1.82) is 0 Å². The number of benzene rings is 5. The minimum Gasteiger partial charge on any atom is -0.496 e. The average Bonchev–Trinajstić information content (AvgIpc) is 3.50. The van der Waals surface area contributed by atoms with Gasteiger partial charge < -0.3 is 34.7 Å². The molecule has 10 nitrogen and oxygen atoms in total. The second kappa shape index (κ2) is 16.4. The van der Waals surface area contributed by atoms with Gasteiger partial charge in [0.25, 0.3) is 11.8 Å². The maximum absolute atomic E-state index is 13.8. The van der Waals surface area contributed by atoms with Crippen molar-refractivity contribution < 1.29 is 28.6 Å². The van der Waals surface area contributed by atoms with E-state index in [-0.39, 0.29) is 11.6 Å². The van der Waals surface area contributed by atoms with Gasteiger partial charge in [-0.2, -0.15) is 0 Å². The summed E-state index contributed by atoms with van der Waals surface area (Å²) in [6.07, 6.45) is 1.51. The number of aromatic nitrogens is 1. The van der Waals surface area contributed by atoms with E-state index in [2.05, 4.69) is 39.6 Å². The number of hydrogen-bond donors (Lipinski definition) is 3. The van der Waals surface area contributed by atoms with E-state index in [4.69, 9.17) is 14.2 Å². The van der Waals surface area contributed by atoms with Crippen LogP contribution in [0.4, 0.5) is 11.4 Å². The first kappa shape index (κ1) is 36.6. The third-order valence-corrected chi connectivity index (χ3v) is 9.79. The van der Waals surface area contributed by atoms with E-state index < -0.39 is 17.1 Å². The highest BCUT2D eigenvalue weighted by atomic mass is 32.2. The van der Waals surface area contributed by atoms with Gasteiger partial charge in [-0.05, 0) is 80.6 Å². The summed E-state index contributed by atoms with van der Waals surface area (Å²) in [4.78, 5) is 41.2. The van der Waals surface area contributed by atoms with Gasteiger partial charge in [-0.25, -0.2) is 0 Å². The number of methoxy groups -OCH3 is 3. The standard InChI is InChI=1S/C42H40N4O6S/c1-6-46-35-18-11-10-17-32(35)33-24-30(19-20-36(33)46)43-40(47)26(2)53-31-16-12-15-29(23-31)44-42(49)34(45-41(48)27-13-8-7-9-14-27)21-28-22-38(51-4)39(52-5)25-37(28)50-3/h7-26H,6H2,1-5H3,(H,43,47)(H,44,49)(H,45,48)/b34-21+. The summed E-state index contributed by atoms with van der Waals surface area (Å²) in [6.45, 7) is 4.80. The van der Waals surface area contributed by atoms with Gasteiger partial charge in [-0.3, -0.25) is 14.4 Å². The second-order valence-corrected chi connectivity index (χ2v) is 13.5. The van der Waals surface area contributed by atoms with Gasteiger partial charge in [0.2, 0.25) is 5.91 Å². The zero-order chi connectivity index (χ0) is 37.5. The number of para-hydroxylation sites is 1. The van der Waals surface area contributed by atoms with Crippen molar-refractivity contribution in [2.45, 2.75) is 30.5 Å². The summed E-state index contributed by atoms with van der Waals surface area (Å²) < 4.78 is 18.7. The normalized spacial score (nSPS) is 11.9. The minimum atomic E-state index is -0.570. The summed E-state index contributed by atoms with van der Waals surface area (Å²) in [7, 11) is 4.51. The molecule has 11 heteroatoms. The topological polar surface area (TPSA) is 120 Å². The maximum Gasteiger partial charge on any atom is 0.272 e. The van der Waals surface area contributed by atoms with Crippen LogP contribution in [0.5, 0.6) is 17.2 Å². The van der Waals surface area contributed by atoms with E-state index in [1.54, 1.807) is 60.7 Å². The number of nitrogens with zero attached hydrogens (tertiary/aromatic N) is 1. The monoisotopic (exact) mass is 728 g/mol. The molecule has 1 atom stereocenters. The molecular weight excluding hydrogens is 689 g/mol. The van der Waals surface area contributed by atoms with Gasteiger partial charge >= 0.3 is 0 Å². The number of thioether (sulfide) groups is 1. The molecule has 0 spiro atoms. The Kier molecular flexibility index (Phi) is 11.3.